The molecule has 0 unspecified atom stereocenters. The summed E-state index contributed by atoms with van der Waals surface area (Å²) in [6.07, 6.45) is 12.2. The maximum absolute atomic E-state index is 12.3. The zero-order valence-corrected chi connectivity index (χ0v) is 29.1. The van der Waals surface area contributed by atoms with E-state index in [-0.39, 0.29) is 5.69 Å². The quantitative estimate of drug-likeness (QED) is 0.195. The minimum Gasteiger partial charge on any atom is -0.494 e. The van der Waals surface area contributed by atoms with E-state index in [0.717, 1.165) is 57.0 Å². The Bertz CT molecular complexity index is 1950. The Morgan fingerprint density at radius 3 is 2.39 bits per heavy atom. The predicted molar refractivity (Wildman–Crippen MR) is 196 cm³/mol. The number of aromatic nitrogens is 4. The number of hydrogen-bond acceptors (Lipinski definition) is 12. The molecule has 2 saturated heterocycles. The van der Waals surface area contributed by atoms with Gasteiger partial charge in [0.1, 0.15) is 17.1 Å². The Labute approximate surface area is 287 Å². The molecular formula is C35H44N10O3S. The molecule has 7 rings (SSSR count). The van der Waals surface area contributed by atoms with Gasteiger partial charge in [-0.25, -0.2) is 13.4 Å². The van der Waals surface area contributed by atoms with Crippen LogP contribution in [0.4, 0.5) is 34.5 Å². The SMILES string of the molecule is C=Cc1cnc(Nc2cc(C3CC3)c(N3CCC(N4CCN(C)CC4)CC3)cc2OC)nc1Nc1ccc2nccnc2c1NS(C)(=O)=O. The van der Waals surface area contributed by atoms with Crippen molar-refractivity contribution >= 4 is 61.6 Å². The minimum absolute atomic E-state index is 0.273. The molecular weight excluding hydrogens is 641 g/mol. The molecule has 0 atom stereocenters. The Hall–Kier alpha value is -4.53. The lowest BCUT2D eigenvalue weighted by atomic mass is 9.99. The Kier molecular flexibility index (Phi) is 9.27. The van der Waals surface area contributed by atoms with E-state index in [1.165, 1.54) is 43.1 Å². The molecule has 3 N–H and O–H groups in total. The number of likely N-dealkylation sites (N-methyl/N-ethyl adjacent to an activating group) is 1. The van der Waals surface area contributed by atoms with Gasteiger partial charge in [0.05, 0.1) is 35.9 Å². The van der Waals surface area contributed by atoms with Gasteiger partial charge in [0.2, 0.25) is 16.0 Å². The van der Waals surface area contributed by atoms with E-state index < -0.39 is 10.0 Å². The fraction of sp³-hybridized carbons (Fsp3) is 0.429. The van der Waals surface area contributed by atoms with Crippen molar-refractivity contribution in [1.29, 1.82) is 0 Å². The molecule has 4 aromatic rings. The monoisotopic (exact) mass is 684 g/mol. The molecule has 0 amide bonds. The standard InChI is InChI=1S/C35H44N10O3S/c1-5-23-22-38-35(41-34(23)39-28-9-8-27-32(37-13-12-36-27)33(28)42-49(4,46)47)40-29-20-26(24-6-7-24)30(21-31(29)48-3)45-14-10-25(11-15-45)44-18-16-43(2)17-19-44/h5,8-9,12-13,20-22,24-25,42H,1,6-7,10-11,14-19H2,2-4H3,(H2,38,39,40,41). The molecule has 2 aromatic carbocycles. The third-order valence-electron chi connectivity index (χ3n) is 9.69. The van der Waals surface area contributed by atoms with Crippen LogP contribution >= 0.6 is 0 Å². The second-order valence-electron chi connectivity index (χ2n) is 13.2. The van der Waals surface area contributed by atoms with Crippen molar-refractivity contribution < 1.29 is 13.2 Å². The van der Waals surface area contributed by atoms with Crippen LogP contribution in [0.5, 0.6) is 5.75 Å². The number of sulfonamides is 1. The lowest BCUT2D eigenvalue weighted by molar-refractivity contribution is 0.0982. The summed E-state index contributed by atoms with van der Waals surface area (Å²) < 4.78 is 33.2. The topological polar surface area (TPSA) is 141 Å². The van der Waals surface area contributed by atoms with Gasteiger partial charge in [-0.3, -0.25) is 19.6 Å². The molecule has 1 aliphatic carbocycles. The van der Waals surface area contributed by atoms with Gasteiger partial charge in [0.15, 0.2) is 0 Å². The van der Waals surface area contributed by atoms with Crippen LogP contribution in [-0.4, -0.2) is 104 Å². The van der Waals surface area contributed by atoms with Crippen molar-refractivity contribution in [3.63, 3.8) is 0 Å². The summed E-state index contributed by atoms with van der Waals surface area (Å²) in [5.74, 6) is 2.04. The number of nitrogens with one attached hydrogen (secondary N) is 3. The maximum atomic E-state index is 12.3. The first kappa shape index (κ1) is 33.0. The molecule has 2 aromatic heterocycles. The van der Waals surface area contributed by atoms with Gasteiger partial charge >= 0.3 is 0 Å². The summed E-state index contributed by atoms with van der Waals surface area (Å²) in [5, 5.41) is 6.69. The van der Waals surface area contributed by atoms with Crippen molar-refractivity contribution in [1.82, 2.24) is 29.7 Å². The number of hydrogen-bond donors (Lipinski definition) is 3. The van der Waals surface area contributed by atoms with Crippen LogP contribution in [0, 0.1) is 0 Å². The molecule has 0 spiro atoms. The molecule has 0 radical (unpaired) electrons. The smallest absolute Gasteiger partial charge is 0.229 e. The molecule has 0 bridgehead atoms. The van der Waals surface area contributed by atoms with Crippen LogP contribution in [0.25, 0.3) is 17.1 Å². The van der Waals surface area contributed by atoms with E-state index in [1.54, 1.807) is 37.7 Å². The highest BCUT2D eigenvalue weighted by atomic mass is 32.2. The van der Waals surface area contributed by atoms with Gasteiger partial charge in [0.25, 0.3) is 0 Å². The van der Waals surface area contributed by atoms with Gasteiger partial charge in [-0.1, -0.05) is 12.7 Å². The highest BCUT2D eigenvalue weighted by molar-refractivity contribution is 7.92. The van der Waals surface area contributed by atoms with E-state index in [4.69, 9.17) is 9.72 Å². The third-order valence-corrected chi connectivity index (χ3v) is 10.3. The van der Waals surface area contributed by atoms with Gasteiger partial charge in [-0.05, 0) is 62.4 Å². The fourth-order valence-electron chi connectivity index (χ4n) is 6.88. The van der Waals surface area contributed by atoms with Crippen molar-refractivity contribution in [3.8, 4) is 5.75 Å². The van der Waals surface area contributed by atoms with E-state index in [9.17, 15) is 8.42 Å². The minimum atomic E-state index is -3.63. The molecule has 13 nitrogen and oxygen atoms in total. The zero-order valence-electron chi connectivity index (χ0n) is 28.3. The summed E-state index contributed by atoms with van der Waals surface area (Å²) >= 11 is 0. The average Bonchev–Trinajstić information content (AvgIpc) is 3.95. The van der Waals surface area contributed by atoms with Crippen LogP contribution < -0.4 is 25.0 Å². The first-order chi connectivity index (χ1) is 23.7. The lowest BCUT2D eigenvalue weighted by Gasteiger charge is -2.43. The van der Waals surface area contributed by atoms with Crippen LogP contribution in [0.1, 0.15) is 42.7 Å². The molecule has 258 valence electrons. The summed E-state index contributed by atoms with van der Waals surface area (Å²) in [6, 6.07) is 8.53. The Morgan fingerprint density at radius 2 is 1.69 bits per heavy atom. The first-order valence-electron chi connectivity index (χ1n) is 16.8. The van der Waals surface area contributed by atoms with Crippen molar-refractivity contribution in [2.45, 2.75) is 37.6 Å². The summed E-state index contributed by atoms with van der Waals surface area (Å²) in [7, 11) is 0.272. The number of ether oxygens (including phenoxy) is 1. The summed E-state index contributed by atoms with van der Waals surface area (Å²) in [5.41, 5.74) is 5.71. The normalized spacial score (nSPS) is 18.0. The fourth-order valence-corrected chi connectivity index (χ4v) is 7.46. The second-order valence-corrected chi connectivity index (χ2v) is 14.9. The number of rotatable bonds is 11. The largest absolute Gasteiger partial charge is 0.494 e. The number of nitrogens with zero attached hydrogens (tertiary/aromatic N) is 7. The summed E-state index contributed by atoms with van der Waals surface area (Å²) in [6.45, 7) is 10.6. The third kappa shape index (κ3) is 7.41. The van der Waals surface area contributed by atoms with Crippen molar-refractivity contribution in [2.75, 3.05) is 79.9 Å². The van der Waals surface area contributed by atoms with Crippen LogP contribution in [0.2, 0.25) is 0 Å². The van der Waals surface area contributed by atoms with E-state index in [2.05, 4.69) is 70.8 Å². The zero-order chi connectivity index (χ0) is 34.1. The van der Waals surface area contributed by atoms with Crippen molar-refractivity contribution in [2.24, 2.45) is 0 Å². The molecule has 3 fully saturated rings. The number of benzene rings is 2. The summed E-state index contributed by atoms with van der Waals surface area (Å²) in [4.78, 5) is 25.7. The Morgan fingerprint density at radius 1 is 0.939 bits per heavy atom. The van der Waals surface area contributed by atoms with E-state index in [0.29, 0.717) is 46.0 Å². The van der Waals surface area contributed by atoms with Crippen LogP contribution in [0.3, 0.4) is 0 Å². The van der Waals surface area contributed by atoms with Gasteiger partial charge in [-0.2, -0.15) is 4.98 Å². The van der Waals surface area contributed by atoms with Gasteiger partial charge in [-0.15, -0.1) is 0 Å². The van der Waals surface area contributed by atoms with Gasteiger partial charge < -0.3 is 25.2 Å². The molecule has 14 heteroatoms. The predicted octanol–water partition coefficient (Wildman–Crippen LogP) is 5.02. The Balaban J connectivity index is 1.15. The average molecular weight is 685 g/mol. The van der Waals surface area contributed by atoms with E-state index in [1.807, 2.05) is 0 Å². The number of fused-ring (bicyclic) bond motifs is 1. The number of piperidine rings is 1. The van der Waals surface area contributed by atoms with Crippen LogP contribution in [-0.2, 0) is 10.0 Å². The number of piperazine rings is 1. The van der Waals surface area contributed by atoms with Gasteiger partial charge in [0, 0.05) is 81.2 Å². The highest BCUT2D eigenvalue weighted by Gasteiger charge is 2.32. The molecule has 3 aliphatic rings. The lowest BCUT2D eigenvalue weighted by Crippen LogP contribution is -2.52. The highest BCUT2D eigenvalue weighted by Crippen LogP contribution is 2.48. The molecule has 4 heterocycles. The van der Waals surface area contributed by atoms with Crippen molar-refractivity contribution in [3.05, 3.63) is 60.6 Å². The second kappa shape index (κ2) is 13.8. The van der Waals surface area contributed by atoms with E-state index >= 15 is 0 Å². The first-order valence-corrected chi connectivity index (χ1v) is 18.7. The maximum Gasteiger partial charge on any atom is 0.229 e. The number of anilines is 6. The molecule has 2 aliphatic heterocycles. The van der Waals surface area contributed by atoms with Crippen LogP contribution in [0.15, 0.2) is 49.4 Å². The number of methoxy groups -OCH3 is 1. The molecule has 1 saturated carbocycles. The molecule has 49 heavy (non-hydrogen) atoms.